The van der Waals surface area contributed by atoms with Crippen LogP contribution in [0.15, 0.2) is 39.0 Å². The molecule has 0 saturated carbocycles. The first kappa shape index (κ1) is 22.1. The van der Waals surface area contributed by atoms with E-state index < -0.39 is 59.7 Å². The van der Waals surface area contributed by atoms with Gasteiger partial charge in [0.25, 0.3) is 11.1 Å². The number of nitrogens with zero attached hydrogens (tertiary/aromatic N) is 4. The van der Waals surface area contributed by atoms with Crippen molar-refractivity contribution in [2.24, 2.45) is 0 Å². The molecule has 0 unspecified atom stereocenters. The number of rotatable bonds is 4. The molecule has 1 saturated heterocycles. The van der Waals surface area contributed by atoms with Crippen LogP contribution >= 0.6 is 0 Å². The molecule has 33 heavy (non-hydrogen) atoms. The molecular formula is C17H12F5N7O4. The topological polar surface area (TPSA) is 150 Å². The van der Waals surface area contributed by atoms with Crippen LogP contribution in [0.4, 0.5) is 27.6 Å². The number of anilines is 1. The molecule has 16 heteroatoms. The van der Waals surface area contributed by atoms with Crippen molar-refractivity contribution >= 4 is 5.69 Å². The highest BCUT2D eigenvalue weighted by Crippen LogP contribution is 2.33. The molecule has 11 nitrogen and oxygen atoms in total. The Morgan fingerprint density at radius 3 is 2.45 bits per heavy atom. The summed E-state index contributed by atoms with van der Waals surface area (Å²) < 4.78 is 71.9. The van der Waals surface area contributed by atoms with E-state index in [0.717, 1.165) is 17.2 Å². The van der Waals surface area contributed by atoms with Crippen LogP contribution in [-0.2, 0) is 6.18 Å². The number of hydrogen-bond acceptors (Lipinski definition) is 8. The zero-order chi connectivity index (χ0) is 24.0. The second-order valence-corrected chi connectivity index (χ2v) is 6.95. The lowest BCUT2D eigenvalue weighted by Crippen LogP contribution is -2.37. The lowest BCUT2D eigenvalue weighted by molar-refractivity contribution is -0.138. The summed E-state index contributed by atoms with van der Waals surface area (Å²) in [6.45, 7) is -1.53. The Morgan fingerprint density at radius 2 is 1.82 bits per heavy atom. The van der Waals surface area contributed by atoms with Gasteiger partial charge in [-0.25, -0.2) is 28.6 Å². The molecule has 1 aliphatic rings. The van der Waals surface area contributed by atoms with Crippen LogP contribution in [0, 0.1) is 0 Å². The molecule has 0 spiro atoms. The predicted molar refractivity (Wildman–Crippen MR) is 100 cm³/mol. The molecule has 3 aromatic rings. The quantitative estimate of drug-likeness (QED) is 0.465. The molecule has 0 radical (unpaired) electrons. The SMILES string of the molecule is O=c1[nH]cc(-c2cc(N3C[C@H](Oc4ncc(C(F)(F)F)cn4)C(F)(F)C3)c(=O)[nH]n2)c(=O)[nH]1. The van der Waals surface area contributed by atoms with Crippen molar-refractivity contribution < 1.29 is 26.7 Å². The molecule has 4 rings (SSSR count). The molecule has 4 heterocycles. The van der Waals surface area contributed by atoms with Crippen molar-refractivity contribution in [2.45, 2.75) is 18.2 Å². The maximum Gasteiger partial charge on any atom is 0.419 e. The van der Waals surface area contributed by atoms with Crippen LogP contribution in [0.25, 0.3) is 11.3 Å². The van der Waals surface area contributed by atoms with Gasteiger partial charge in [0.15, 0.2) is 6.10 Å². The molecule has 3 N–H and O–H groups in total. The Morgan fingerprint density at radius 1 is 1.12 bits per heavy atom. The van der Waals surface area contributed by atoms with Crippen LogP contribution in [0.1, 0.15) is 5.56 Å². The highest BCUT2D eigenvalue weighted by atomic mass is 19.4. The second-order valence-electron chi connectivity index (χ2n) is 6.95. The van der Waals surface area contributed by atoms with Gasteiger partial charge in [0.1, 0.15) is 5.69 Å². The average Bonchev–Trinajstić information content (AvgIpc) is 3.02. The number of H-pyrrole nitrogens is 3. The first-order chi connectivity index (χ1) is 15.4. The highest BCUT2D eigenvalue weighted by Gasteiger charge is 2.51. The number of aromatic amines is 3. The van der Waals surface area contributed by atoms with Crippen molar-refractivity contribution in [3.63, 3.8) is 0 Å². The van der Waals surface area contributed by atoms with Gasteiger partial charge < -0.3 is 14.6 Å². The van der Waals surface area contributed by atoms with E-state index in [-0.39, 0.29) is 16.9 Å². The number of ether oxygens (including phenoxy) is 1. The van der Waals surface area contributed by atoms with E-state index in [1.54, 1.807) is 0 Å². The monoisotopic (exact) mass is 473 g/mol. The van der Waals surface area contributed by atoms with E-state index >= 15 is 0 Å². The first-order valence-corrected chi connectivity index (χ1v) is 9.05. The third-order valence-corrected chi connectivity index (χ3v) is 4.68. The number of halogens is 5. The van der Waals surface area contributed by atoms with Gasteiger partial charge in [-0.05, 0) is 6.07 Å². The van der Waals surface area contributed by atoms with E-state index in [1.807, 2.05) is 4.98 Å². The minimum atomic E-state index is -4.71. The van der Waals surface area contributed by atoms with Crippen molar-refractivity contribution in [2.75, 3.05) is 18.0 Å². The Hall–Kier alpha value is -4.11. The van der Waals surface area contributed by atoms with Crippen LogP contribution < -0.4 is 26.4 Å². The molecule has 1 fully saturated rings. The third-order valence-electron chi connectivity index (χ3n) is 4.68. The minimum Gasteiger partial charge on any atom is -0.452 e. The van der Waals surface area contributed by atoms with Gasteiger partial charge >= 0.3 is 23.8 Å². The summed E-state index contributed by atoms with van der Waals surface area (Å²) in [6.07, 6.45) is -4.76. The van der Waals surface area contributed by atoms with Gasteiger partial charge in [0, 0.05) is 18.6 Å². The fraction of sp³-hybridized carbons (Fsp3) is 0.294. The molecule has 0 bridgehead atoms. The second kappa shape index (κ2) is 7.79. The number of alkyl halides is 5. The zero-order valence-electron chi connectivity index (χ0n) is 16.1. The Kier molecular flexibility index (Phi) is 5.21. The summed E-state index contributed by atoms with van der Waals surface area (Å²) in [4.78, 5) is 47.1. The Labute approximate surface area is 178 Å². The minimum absolute atomic E-state index is 0.110. The standard InChI is InChI=1S/C17H12F5N7O4/c18-16(19)6-29(5-11(16)33-15-24-2-7(3-25-15)17(20,21)22)10-1-9(27-28-13(10)31)8-4-23-14(32)26-12(8)30/h1-4,11H,5-6H2,(H,28,31)(H2,23,26,30,32)/t11-/m0/s1. The van der Waals surface area contributed by atoms with Gasteiger partial charge in [-0.1, -0.05) is 0 Å². The molecule has 1 aliphatic heterocycles. The van der Waals surface area contributed by atoms with Crippen molar-refractivity contribution in [1.29, 1.82) is 0 Å². The van der Waals surface area contributed by atoms with Crippen LogP contribution in [-0.4, -0.2) is 55.2 Å². The zero-order valence-corrected chi connectivity index (χ0v) is 16.1. The lowest BCUT2D eigenvalue weighted by Gasteiger charge is -2.17. The van der Waals surface area contributed by atoms with Crippen LogP contribution in [0.2, 0.25) is 0 Å². The normalized spacial score (nSPS) is 17.8. The fourth-order valence-electron chi connectivity index (χ4n) is 3.08. The first-order valence-electron chi connectivity index (χ1n) is 9.05. The van der Waals surface area contributed by atoms with Gasteiger partial charge in [-0.15, -0.1) is 0 Å². The van der Waals surface area contributed by atoms with E-state index in [2.05, 4.69) is 25.1 Å². The van der Waals surface area contributed by atoms with E-state index in [9.17, 15) is 36.3 Å². The number of nitrogens with one attached hydrogen (secondary N) is 3. The third kappa shape index (κ3) is 4.44. The summed E-state index contributed by atoms with van der Waals surface area (Å²) in [5, 5.41) is 5.77. The Bertz CT molecular complexity index is 1350. The van der Waals surface area contributed by atoms with E-state index in [4.69, 9.17) is 4.74 Å². The molecule has 3 aromatic heterocycles. The average molecular weight is 473 g/mol. The smallest absolute Gasteiger partial charge is 0.419 e. The molecule has 0 aromatic carbocycles. The summed E-state index contributed by atoms with van der Waals surface area (Å²) in [5.74, 6) is -3.53. The van der Waals surface area contributed by atoms with E-state index in [1.165, 1.54) is 0 Å². The summed E-state index contributed by atoms with van der Waals surface area (Å²) >= 11 is 0. The molecular weight excluding hydrogens is 461 g/mol. The Balaban J connectivity index is 1.59. The lowest BCUT2D eigenvalue weighted by atomic mass is 10.2. The van der Waals surface area contributed by atoms with Crippen LogP contribution in [0.5, 0.6) is 6.01 Å². The fourth-order valence-corrected chi connectivity index (χ4v) is 3.08. The van der Waals surface area contributed by atoms with Gasteiger partial charge in [0.2, 0.25) is 0 Å². The summed E-state index contributed by atoms with van der Waals surface area (Å²) in [6, 6.07) is 0.382. The number of aromatic nitrogens is 6. The molecule has 0 aliphatic carbocycles. The van der Waals surface area contributed by atoms with Gasteiger partial charge in [-0.2, -0.15) is 18.3 Å². The largest absolute Gasteiger partial charge is 0.452 e. The molecule has 1 atom stereocenters. The van der Waals surface area contributed by atoms with Crippen LogP contribution in [0.3, 0.4) is 0 Å². The highest BCUT2D eigenvalue weighted by molar-refractivity contribution is 5.62. The van der Waals surface area contributed by atoms with E-state index in [0.29, 0.717) is 12.4 Å². The van der Waals surface area contributed by atoms with Crippen molar-refractivity contribution in [3.8, 4) is 17.3 Å². The summed E-state index contributed by atoms with van der Waals surface area (Å²) in [5.41, 5.74) is -4.14. The number of hydrogen-bond donors (Lipinski definition) is 3. The van der Waals surface area contributed by atoms with Gasteiger partial charge in [0.05, 0.1) is 29.9 Å². The molecule has 174 valence electrons. The maximum atomic E-state index is 14.5. The van der Waals surface area contributed by atoms with Gasteiger partial charge in [-0.3, -0.25) is 14.6 Å². The van der Waals surface area contributed by atoms with Crippen molar-refractivity contribution in [3.05, 3.63) is 61.4 Å². The molecule has 0 amide bonds. The summed E-state index contributed by atoms with van der Waals surface area (Å²) in [7, 11) is 0. The maximum absolute atomic E-state index is 14.5. The predicted octanol–water partition coefficient (Wildman–Crippen LogP) is 0.525. The van der Waals surface area contributed by atoms with Crippen molar-refractivity contribution in [1.82, 2.24) is 30.1 Å².